The molecule has 6 heteroatoms. The summed E-state index contributed by atoms with van der Waals surface area (Å²) >= 11 is 15.1. The second-order valence-electron chi connectivity index (χ2n) is 3.93. The molecule has 19 heavy (non-hydrogen) atoms. The summed E-state index contributed by atoms with van der Waals surface area (Å²) in [5.41, 5.74) is 6.98. The summed E-state index contributed by atoms with van der Waals surface area (Å²) in [4.78, 5) is 0. The molecule has 0 fully saturated rings. The highest BCUT2D eigenvalue weighted by atomic mass is 79.9. The molecule has 2 rings (SSSR count). The van der Waals surface area contributed by atoms with Crippen molar-refractivity contribution in [1.82, 2.24) is 0 Å². The highest BCUT2D eigenvalue weighted by molar-refractivity contribution is 9.10. The molecule has 1 atom stereocenters. The van der Waals surface area contributed by atoms with E-state index in [1.165, 1.54) is 0 Å². The Morgan fingerprint density at radius 2 is 1.63 bits per heavy atom. The van der Waals surface area contributed by atoms with Crippen LogP contribution < -0.4 is 5.73 Å². The van der Waals surface area contributed by atoms with Crippen molar-refractivity contribution in [3.63, 3.8) is 0 Å². The largest absolute Gasteiger partial charge is 0.320 e. The quantitative estimate of drug-likeness (QED) is 0.736. The Kier molecular flexibility index (Phi) is 4.46. The van der Waals surface area contributed by atoms with Crippen molar-refractivity contribution in [2.75, 3.05) is 0 Å². The zero-order valence-electron chi connectivity index (χ0n) is 9.43. The van der Waals surface area contributed by atoms with Gasteiger partial charge in [-0.3, -0.25) is 0 Å². The molecular weight excluding hydrogens is 359 g/mol. The van der Waals surface area contributed by atoms with Gasteiger partial charge in [0.15, 0.2) is 11.6 Å². The number of hydrogen-bond acceptors (Lipinski definition) is 1. The summed E-state index contributed by atoms with van der Waals surface area (Å²) in [6.45, 7) is 0. The first kappa shape index (κ1) is 14.7. The van der Waals surface area contributed by atoms with Gasteiger partial charge in [0, 0.05) is 14.5 Å². The lowest BCUT2D eigenvalue weighted by Crippen LogP contribution is -2.14. The Hall–Kier alpha value is -0.680. The van der Waals surface area contributed by atoms with Gasteiger partial charge < -0.3 is 5.73 Å². The van der Waals surface area contributed by atoms with E-state index < -0.39 is 17.7 Å². The summed E-state index contributed by atoms with van der Waals surface area (Å²) < 4.78 is 27.0. The van der Waals surface area contributed by atoms with Crippen LogP contribution in [0.4, 0.5) is 8.78 Å². The van der Waals surface area contributed by atoms with E-state index in [4.69, 9.17) is 28.9 Å². The number of rotatable bonds is 2. The number of nitrogens with two attached hydrogens (primary N) is 1. The van der Waals surface area contributed by atoms with Gasteiger partial charge in [-0.25, -0.2) is 8.78 Å². The third-order valence-electron chi connectivity index (χ3n) is 2.67. The van der Waals surface area contributed by atoms with Crippen molar-refractivity contribution in [3.8, 4) is 0 Å². The Morgan fingerprint density at radius 1 is 1.00 bits per heavy atom. The van der Waals surface area contributed by atoms with Gasteiger partial charge in [0.1, 0.15) is 0 Å². The average Bonchev–Trinajstić information content (AvgIpc) is 2.36. The molecule has 100 valence electrons. The van der Waals surface area contributed by atoms with Crippen molar-refractivity contribution in [2.24, 2.45) is 5.73 Å². The van der Waals surface area contributed by atoms with Gasteiger partial charge in [-0.2, -0.15) is 0 Å². The summed E-state index contributed by atoms with van der Waals surface area (Å²) in [5, 5.41) is 0.561. The highest BCUT2D eigenvalue weighted by Crippen LogP contribution is 2.33. The minimum absolute atomic E-state index is 0.0678. The molecule has 1 nitrogen and oxygen atoms in total. The summed E-state index contributed by atoms with van der Waals surface area (Å²) in [6, 6.07) is 6.25. The smallest absolute Gasteiger partial charge is 0.160 e. The molecule has 2 aromatic carbocycles. The molecule has 0 saturated carbocycles. The van der Waals surface area contributed by atoms with E-state index in [1.54, 1.807) is 18.2 Å². The van der Waals surface area contributed by atoms with E-state index in [9.17, 15) is 8.78 Å². The van der Waals surface area contributed by atoms with Crippen molar-refractivity contribution in [2.45, 2.75) is 6.04 Å². The molecular formula is C13H8BrCl2F2N. The molecule has 0 aliphatic heterocycles. The van der Waals surface area contributed by atoms with Crippen molar-refractivity contribution in [1.29, 1.82) is 0 Å². The van der Waals surface area contributed by atoms with Crippen LogP contribution in [0.25, 0.3) is 0 Å². The molecule has 0 spiro atoms. The standard InChI is InChI=1S/C13H8BrCl2F2N/c14-9-2-1-6(15)3-7(9)13(19)8-4-11(17)12(18)5-10(8)16/h1-5,13H,19H2. The number of hydrogen-bond donors (Lipinski definition) is 1. The molecule has 0 amide bonds. The zero-order chi connectivity index (χ0) is 14.2. The van der Waals surface area contributed by atoms with E-state index in [1.807, 2.05) is 0 Å². The fourth-order valence-corrected chi connectivity index (χ4v) is 2.64. The predicted molar refractivity (Wildman–Crippen MR) is 76.6 cm³/mol. The molecule has 0 heterocycles. The molecule has 0 aromatic heterocycles. The maximum Gasteiger partial charge on any atom is 0.160 e. The second-order valence-corrected chi connectivity index (χ2v) is 5.63. The van der Waals surface area contributed by atoms with Gasteiger partial charge >= 0.3 is 0 Å². The second kappa shape index (κ2) is 5.75. The lowest BCUT2D eigenvalue weighted by molar-refractivity contribution is 0.506. The summed E-state index contributed by atoms with van der Waals surface area (Å²) in [7, 11) is 0. The zero-order valence-corrected chi connectivity index (χ0v) is 12.5. The van der Waals surface area contributed by atoms with Crippen molar-refractivity contribution < 1.29 is 8.78 Å². The van der Waals surface area contributed by atoms with Crippen LogP contribution in [0.2, 0.25) is 10.0 Å². The molecule has 0 bridgehead atoms. The summed E-state index contributed by atoms with van der Waals surface area (Å²) in [6.07, 6.45) is 0. The maximum absolute atomic E-state index is 13.3. The van der Waals surface area contributed by atoms with Crippen molar-refractivity contribution >= 4 is 39.1 Å². The Morgan fingerprint density at radius 3 is 2.32 bits per heavy atom. The first-order valence-corrected chi connectivity index (χ1v) is 6.80. The molecule has 0 radical (unpaired) electrons. The normalized spacial score (nSPS) is 12.5. The van der Waals surface area contributed by atoms with E-state index in [0.717, 1.165) is 12.1 Å². The average molecular weight is 367 g/mol. The van der Waals surface area contributed by atoms with Gasteiger partial charge in [-0.05, 0) is 41.5 Å². The number of halogens is 5. The first-order chi connectivity index (χ1) is 8.90. The third kappa shape index (κ3) is 3.08. The molecule has 2 N–H and O–H groups in total. The molecule has 0 aliphatic rings. The highest BCUT2D eigenvalue weighted by Gasteiger charge is 2.18. The van der Waals surface area contributed by atoms with Gasteiger partial charge in [-0.1, -0.05) is 39.1 Å². The molecule has 2 aromatic rings. The van der Waals surface area contributed by atoms with Gasteiger partial charge in [0.25, 0.3) is 0 Å². The Labute approximate surface area is 127 Å². The maximum atomic E-state index is 13.3. The summed E-state index contributed by atoms with van der Waals surface area (Å²) in [5.74, 6) is -2.00. The van der Waals surface area contributed by atoms with E-state index in [0.29, 0.717) is 20.6 Å². The topological polar surface area (TPSA) is 26.0 Å². The predicted octanol–water partition coefficient (Wildman–Crippen LogP) is 5.08. The minimum Gasteiger partial charge on any atom is -0.320 e. The van der Waals surface area contributed by atoms with Gasteiger partial charge in [0.05, 0.1) is 6.04 Å². The molecule has 1 unspecified atom stereocenters. The van der Waals surface area contributed by atoms with Crippen LogP contribution in [0, 0.1) is 11.6 Å². The fourth-order valence-electron chi connectivity index (χ4n) is 1.70. The van der Waals surface area contributed by atoms with Crippen LogP contribution >= 0.6 is 39.1 Å². The van der Waals surface area contributed by atoms with Crippen LogP contribution in [0.1, 0.15) is 17.2 Å². The van der Waals surface area contributed by atoms with Gasteiger partial charge in [-0.15, -0.1) is 0 Å². The van der Waals surface area contributed by atoms with Crippen molar-refractivity contribution in [3.05, 3.63) is 67.6 Å². The Balaban J connectivity index is 2.52. The lowest BCUT2D eigenvalue weighted by atomic mass is 9.99. The van der Waals surface area contributed by atoms with Crippen LogP contribution in [0.15, 0.2) is 34.8 Å². The van der Waals surface area contributed by atoms with Crippen LogP contribution in [-0.2, 0) is 0 Å². The van der Waals surface area contributed by atoms with Crippen LogP contribution in [0.5, 0.6) is 0 Å². The molecule has 0 saturated heterocycles. The Bertz CT molecular complexity index is 634. The minimum atomic E-state index is -1.01. The number of benzene rings is 2. The van der Waals surface area contributed by atoms with E-state index in [-0.39, 0.29) is 5.02 Å². The van der Waals surface area contributed by atoms with Gasteiger partial charge in [0.2, 0.25) is 0 Å². The molecule has 0 aliphatic carbocycles. The van der Waals surface area contributed by atoms with E-state index in [2.05, 4.69) is 15.9 Å². The van der Waals surface area contributed by atoms with Crippen LogP contribution in [0.3, 0.4) is 0 Å². The van der Waals surface area contributed by atoms with E-state index >= 15 is 0 Å². The SMILES string of the molecule is NC(c1cc(F)c(F)cc1Cl)c1cc(Cl)ccc1Br. The third-order valence-corrected chi connectivity index (χ3v) is 3.95. The van der Waals surface area contributed by atoms with Crippen LogP contribution in [-0.4, -0.2) is 0 Å². The lowest BCUT2D eigenvalue weighted by Gasteiger charge is -2.16. The fraction of sp³-hybridized carbons (Fsp3) is 0.0769. The monoisotopic (exact) mass is 365 g/mol. The first-order valence-electron chi connectivity index (χ1n) is 5.25.